The molecule has 0 aliphatic carbocycles. The lowest BCUT2D eigenvalue weighted by Crippen LogP contribution is -2.31. The van der Waals surface area contributed by atoms with Crippen LogP contribution in [0.4, 0.5) is 5.69 Å². The lowest BCUT2D eigenvalue weighted by molar-refractivity contribution is -0.116. The summed E-state index contributed by atoms with van der Waals surface area (Å²) in [5.41, 5.74) is 0.00534. The molecule has 10 heteroatoms. The molecule has 1 aromatic carbocycles. The van der Waals surface area contributed by atoms with E-state index in [4.69, 9.17) is 4.74 Å². The van der Waals surface area contributed by atoms with Crippen molar-refractivity contribution in [2.45, 2.75) is 31.1 Å². The number of hydrogen-bond acceptors (Lipinski definition) is 6. The van der Waals surface area contributed by atoms with Crippen molar-refractivity contribution in [3.8, 4) is 5.75 Å². The fourth-order valence-corrected chi connectivity index (χ4v) is 5.36. The van der Waals surface area contributed by atoms with E-state index in [0.717, 1.165) is 6.42 Å². The largest absolute Gasteiger partial charge is 0.495 e. The maximum atomic E-state index is 12.8. The number of ether oxygens (including phenoxy) is 1. The molecule has 1 aromatic rings. The number of carbonyl (C=O) groups is 1. The van der Waals surface area contributed by atoms with Gasteiger partial charge in [-0.05, 0) is 24.6 Å². The molecule has 1 heterocycles. The molecule has 0 aromatic heterocycles. The van der Waals surface area contributed by atoms with Crippen LogP contribution < -0.4 is 9.04 Å². The molecule has 0 bridgehead atoms. The van der Waals surface area contributed by atoms with Crippen molar-refractivity contribution >= 4 is 31.6 Å². The quantitative estimate of drug-likeness (QED) is 0.693. The van der Waals surface area contributed by atoms with E-state index in [1.165, 1.54) is 36.7 Å². The van der Waals surface area contributed by atoms with Crippen LogP contribution in [0, 0.1) is 0 Å². The fourth-order valence-electron chi connectivity index (χ4n) is 2.53. The van der Waals surface area contributed by atoms with E-state index in [0.29, 0.717) is 17.3 Å². The second-order valence-electron chi connectivity index (χ2n) is 5.74. The van der Waals surface area contributed by atoms with Gasteiger partial charge in [-0.2, -0.15) is 0 Å². The molecule has 1 fully saturated rings. The number of benzene rings is 1. The number of carbonyl (C=O) groups excluding carboxylic acids is 1. The molecule has 25 heavy (non-hydrogen) atoms. The topological polar surface area (TPSA) is 101 Å². The van der Waals surface area contributed by atoms with E-state index in [2.05, 4.69) is 0 Å². The van der Waals surface area contributed by atoms with Crippen LogP contribution in [0.3, 0.4) is 0 Å². The first-order valence-electron chi connectivity index (χ1n) is 7.85. The van der Waals surface area contributed by atoms with Crippen molar-refractivity contribution < 1.29 is 26.4 Å². The summed E-state index contributed by atoms with van der Waals surface area (Å²) in [5.74, 6) is -0.764. The standard InChI is InChI=1S/C15H22N2O6S2/c1-4-5-9-16(2)25(21,22)14-11-12(6-7-13(14)23-3)17-15(18)8-10-24(17,19)20/h6-7,11H,4-5,8-10H2,1-3H3. The van der Waals surface area contributed by atoms with E-state index >= 15 is 0 Å². The maximum absolute atomic E-state index is 12.8. The number of methoxy groups -OCH3 is 1. The number of rotatable bonds is 7. The Morgan fingerprint density at radius 1 is 1.32 bits per heavy atom. The molecule has 1 amide bonds. The van der Waals surface area contributed by atoms with Gasteiger partial charge in [-0.3, -0.25) is 4.79 Å². The highest BCUT2D eigenvalue weighted by Gasteiger charge is 2.37. The first-order valence-corrected chi connectivity index (χ1v) is 10.9. The maximum Gasteiger partial charge on any atom is 0.246 e. The van der Waals surface area contributed by atoms with E-state index < -0.39 is 26.0 Å². The first kappa shape index (κ1) is 19.7. The predicted molar refractivity (Wildman–Crippen MR) is 93.6 cm³/mol. The van der Waals surface area contributed by atoms with Gasteiger partial charge in [-0.25, -0.2) is 25.4 Å². The van der Waals surface area contributed by atoms with Gasteiger partial charge in [0.15, 0.2) is 0 Å². The second-order valence-corrected chi connectivity index (χ2v) is 9.69. The zero-order valence-corrected chi connectivity index (χ0v) is 16.1. The van der Waals surface area contributed by atoms with E-state index in [1.54, 1.807) is 0 Å². The third-order valence-electron chi connectivity index (χ3n) is 3.98. The third kappa shape index (κ3) is 3.80. The molecule has 1 saturated heterocycles. The van der Waals surface area contributed by atoms with Crippen molar-refractivity contribution in [1.29, 1.82) is 0 Å². The van der Waals surface area contributed by atoms with Gasteiger partial charge in [0.05, 0.1) is 18.6 Å². The lowest BCUT2D eigenvalue weighted by atomic mass is 10.3. The first-order chi connectivity index (χ1) is 11.6. The molecule has 0 atom stereocenters. The Morgan fingerprint density at radius 2 is 2.00 bits per heavy atom. The summed E-state index contributed by atoms with van der Waals surface area (Å²) in [6, 6.07) is 3.90. The number of nitrogens with zero attached hydrogens (tertiary/aromatic N) is 2. The molecule has 2 rings (SSSR count). The molecule has 1 aliphatic heterocycles. The number of anilines is 1. The molecule has 0 N–H and O–H groups in total. The van der Waals surface area contributed by atoms with Crippen LogP contribution in [0.25, 0.3) is 0 Å². The van der Waals surface area contributed by atoms with Crippen LogP contribution in [-0.2, 0) is 24.8 Å². The van der Waals surface area contributed by atoms with Gasteiger partial charge < -0.3 is 4.74 Å². The minimum absolute atomic E-state index is 0.00534. The van der Waals surface area contributed by atoms with Crippen LogP contribution >= 0.6 is 0 Å². The van der Waals surface area contributed by atoms with Gasteiger partial charge in [-0.15, -0.1) is 0 Å². The highest BCUT2D eigenvalue weighted by Crippen LogP contribution is 2.33. The summed E-state index contributed by atoms with van der Waals surface area (Å²) >= 11 is 0. The van der Waals surface area contributed by atoms with Crippen molar-refractivity contribution in [2.24, 2.45) is 0 Å². The summed E-state index contributed by atoms with van der Waals surface area (Å²) < 4.78 is 56.8. The summed E-state index contributed by atoms with van der Waals surface area (Å²) in [6.07, 6.45) is 1.40. The Morgan fingerprint density at radius 3 is 2.52 bits per heavy atom. The Bertz CT molecular complexity index is 864. The monoisotopic (exact) mass is 390 g/mol. The van der Waals surface area contributed by atoms with E-state index in [1.807, 2.05) is 6.92 Å². The summed E-state index contributed by atoms with van der Waals surface area (Å²) in [4.78, 5) is 11.8. The number of unbranched alkanes of at least 4 members (excludes halogenated alkanes) is 1. The average molecular weight is 390 g/mol. The predicted octanol–water partition coefficient (Wildman–Crippen LogP) is 1.18. The van der Waals surface area contributed by atoms with Crippen molar-refractivity contribution in [2.75, 3.05) is 30.8 Å². The summed E-state index contributed by atoms with van der Waals surface area (Å²) in [7, 11) is -4.87. The summed E-state index contributed by atoms with van der Waals surface area (Å²) in [5, 5.41) is 0. The summed E-state index contributed by atoms with van der Waals surface area (Å²) in [6.45, 7) is 2.28. The molecular formula is C15H22N2O6S2. The van der Waals surface area contributed by atoms with Crippen molar-refractivity contribution in [1.82, 2.24) is 4.31 Å². The zero-order valence-electron chi connectivity index (χ0n) is 14.4. The fraction of sp³-hybridized carbons (Fsp3) is 0.533. The van der Waals surface area contributed by atoms with Gasteiger partial charge in [0, 0.05) is 20.0 Å². The van der Waals surface area contributed by atoms with Gasteiger partial charge >= 0.3 is 0 Å². The highest BCUT2D eigenvalue weighted by atomic mass is 32.2. The Balaban J connectivity index is 2.53. The Kier molecular flexibility index (Phi) is 5.75. The molecule has 0 unspecified atom stereocenters. The highest BCUT2D eigenvalue weighted by molar-refractivity contribution is 7.94. The Labute approximate surface area is 148 Å². The molecule has 8 nitrogen and oxygen atoms in total. The molecule has 0 radical (unpaired) electrons. The van der Waals surface area contributed by atoms with Gasteiger partial charge in [0.1, 0.15) is 10.6 Å². The number of sulfonamides is 2. The average Bonchev–Trinajstić information content (AvgIpc) is 2.84. The van der Waals surface area contributed by atoms with Crippen molar-refractivity contribution in [3.05, 3.63) is 18.2 Å². The Hall–Kier alpha value is -1.65. The van der Waals surface area contributed by atoms with Gasteiger partial charge in [-0.1, -0.05) is 13.3 Å². The van der Waals surface area contributed by atoms with Crippen LogP contribution in [-0.4, -0.2) is 53.5 Å². The molecule has 1 aliphatic rings. The number of hydrogen-bond donors (Lipinski definition) is 0. The van der Waals surface area contributed by atoms with Crippen LogP contribution in [0.15, 0.2) is 23.1 Å². The van der Waals surface area contributed by atoms with Crippen LogP contribution in [0.1, 0.15) is 26.2 Å². The lowest BCUT2D eigenvalue weighted by Gasteiger charge is -2.21. The van der Waals surface area contributed by atoms with Crippen LogP contribution in [0.5, 0.6) is 5.75 Å². The molecular weight excluding hydrogens is 368 g/mol. The van der Waals surface area contributed by atoms with E-state index in [-0.39, 0.29) is 28.5 Å². The molecule has 0 saturated carbocycles. The van der Waals surface area contributed by atoms with Gasteiger partial charge in [0.25, 0.3) is 0 Å². The minimum Gasteiger partial charge on any atom is -0.495 e. The minimum atomic E-state index is -3.89. The second kappa shape index (κ2) is 7.30. The smallest absolute Gasteiger partial charge is 0.246 e. The zero-order chi connectivity index (χ0) is 18.8. The number of amides is 1. The molecule has 140 valence electrons. The SMILES string of the molecule is CCCCN(C)S(=O)(=O)c1cc(N2C(=O)CCS2(=O)=O)ccc1OC. The van der Waals surface area contributed by atoms with Gasteiger partial charge in [0.2, 0.25) is 26.0 Å². The third-order valence-corrected chi connectivity index (χ3v) is 7.54. The van der Waals surface area contributed by atoms with E-state index in [9.17, 15) is 21.6 Å². The molecule has 0 spiro atoms. The van der Waals surface area contributed by atoms with Crippen molar-refractivity contribution in [3.63, 3.8) is 0 Å². The van der Waals surface area contributed by atoms with Crippen LogP contribution in [0.2, 0.25) is 0 Å². The normalized spacial score (nSPS) is 17.3.